The minimum Gasteiger partial charge on any atom is -0.384 e. The third-order valence-corrected chi connectivity index (χ3v) is 3.64. The highest BCUT2D eigenvalue weighted by Crippen LogP contribution is 2.32. The van der Waals surface area contributed by atoms with Crippen molar-refractivity contribution >= 4 is 33.3 Å². The Hall–Kier alpha value is -1.24. The molecule has 0 aliphatic rings. The number of nitrogens with zero attached hydrogens (tertiary/aromatic N) is 2. The molecule has 0 saturated heterocycles. The van der Waals surface area contributed by atoms with Crippen molar-refractivity contribution in [1.29, 1.82) is 0 Å². The molecule has 0 radical (unpaired) electrons. The van der Waals surface area contributed by atoms with Gasteiger partial charge in [0.1, 0.15) is 12.4 Å². The van der Waals surface area contributed by atoms with Crippen molar-refractivity contribution in [3.8, 4) is 11.3 Å². The lowest BCUT2D eigenvalue weighted by atomic mass is 10.1. The first-order chi connectivity index (χ1) is 9.02. The van der Waals surface area contributed by atoms with Gasteiger partial charge in [0.2, 0.25) is 0 Å². The molecule has 1 aromatic heterocycles. The van der Waals surface area contributed by atoms with Crippen LogP contribution in [0.25, 0.3) is 11.3 Å². The second-order valence-electron chi connectivity index (χ2n) is 3.75. The molecule has 0 bridgehead atoms. The molecule has 4 nitrogen and oxygen atoms in total. The number of rotatable bonds is 3. The van der Waals surface area contributed by atoms with E-state index in [0.717, 1.165) is 0 Å². The molecular weight excluding hydrogens is 337 g/mol. The number of hydrogen-bond donors (Lipinski definition) is 1. The van der Waals surface area contributed by atoms with Gasteiger partial charge in [-0.05, 0) is 28.1 Å². The van der Waals surface area contributed by atoms with E-state index >= 15 is 0 Å². The van der Waals surface area contributed by atoms with Crippen molar-refractivity contribution in [2.24, 2.45) is 0 Å². The zero-order valence-corrected chi connectivity index (χ0v) is 12.3. The molecule has 19 heavy (non-hydrogen) atoms. The number of nitrogen functional groups attached to an aromatic ring is 1. The first kappa shape index (κ1) is 14.2. The molecule has 0 fully saturated rings. The van der Waals surface area contributed by atoms with Gasteiger partial charge in [0.15, 0.2) is 11.6 Å². The molecule has 100 valence electrons. The van der Waals surface area contributed by atoms with Gasteiger partial charge in [-0.1, -0.05) is 11.6 Å². The molecule has 0 atom stereocenters. The van der Waals surface area contributed by atoms with Crippen LogP contribution in [-0.2, 0) is 11.3 Å². The van der Waals surface area contributed by atoms with Crippen LogP contribution in [0.4, 0.5) is 10.2 Å². The highest BCUT2D eigenvalue weighted by Gasteiger charge is 2.14. The average molecular weight is 347 g/mol. The molecular formula is C12H10BrClFN3O. The van der Waals surface area contributed by atoms with Crippen molar-refractivity contribution in [1.82, 2.24) is 9.97 Å². The monoisotopic (exact) mass is 345 g/mol. The van der Waals surface area contributed by atoms with Crippen LogP contribution in [0.2, 0.25) is 5.02 Å². The molecule has 2 aromatic rings. The Morgan fingerprint density at radius 2 is 2.16 bits per heavy atom. The molecule has 1 heterocycles. The fourth-order valence-electron chi connectivity index (χ4n) is 1.57. The standard InChI is InChI=1S/C12H10BrClFN3O/c1-19-5-10-17-8(4-9(16)18-10)6-2-3-7(13)11(14)12(6)15/h2-4H,5H2,1H3,(H2,16,17,18). The van der Waals surface area contributed by atoms with Gasteiger partial charge >= 0.3 is 0 Å². The largest absolute Gasteiger partial charge is 0.384 e. The summed E-state index contributed by atoms with van der Waals surface area (Å²) >= 11 is 9.01. The van der Waals surface area contributed by atoms with Gasteiger partial charge in [0, 0.05) is 23.2 Å². The van der Waals surface area contributed by atoms with Crippen molar-refractivity contribution in [3.63, 3.8) is 0 Å². The van der Waals surface area contributed by atoms with E-state index in [-0.39, 0.29) is 23.0 Å². The molecule has 1 aromatic carbocycles. The van der Waals surface area contributed by atoms with Crippen LogP contribution in [0.5, 0.6) is 0 Å². The summed E-state index contributed by atoms with van der Waals surface area (Å²) in [5.41, 5.74) is 6.30. The highest BCUT2D eigenvalue weighted by atomic mass is 79.9. The Labute approximate surface area is 122 Å². The summed E-state index contributed by atoms with van der Waals surface area (Å²) in [7, 11) is 1.52. The minimum atomic E-state index is -0.558. The summed E-state index contributed by atoms with van der Waals surface area (Å²) in [4.78, 5) is 8.19. The summed E-state index contributed by atoms with van der Waals surface area (Å²) in [5, 5.41) is 0.00275. The van der Waals surface area contributed by atoms with E-state index in [0.29, 0.717) is 16.0 Å². The molecule has 0 aliphatic carbocycles. The first-order valence-electron chi connectivity index (χ1n) is 5.29. The normalized spacial score (nSPS) is 10.7. The summed E-state index contributed by atoms with van der Waals surface area (Å²) in [6, 6.07) is 4.71. The Bertz CT molecular complexity index is 624. The third kappa shape index (κ3) is 3.02. The van der Waals surface area contributed by atoms with Crippen LogP contribution < -0.4 is 5.73 Å². The molecule has 2 rings (SSSR count). The van der Waals surface area contributed by atoms with Crippen LogP contribution >= 0.6 is 27.5 Å². The van der Waals surface area contributed by atoms with E-state index in [1.165, 1.54) is 13.2 Å². The molecule has 2 N–H and O–H groups in total. The van der Waals surface area contributed by atoms with Crippen molar-refractivity contribution in [2.45, 2.75) is 6.61 Å². The van der Waals surface area contributed by atoms with Crippen LogP contribution in [0.1, 0.15) is 5.82 Å². The maximum atomic E-state index is 14.1. The zero-order chi connectivity index (χ0) is 14.0. The molecule has 0 spiro atoms. The smallest absolute Gasteiger partial charge is 0.157 e. The topological polar surface area (TPSA) is 61.0 Å². The van der Waals surface area contributed by atoms with E-state index in [2.05, 4.69) is 25.9 Å². The van der Waals surface area contributed by atoms with Gasteiger partial charge in [-0.3, -0.25) is 0 Å². The fraction of sp³-hybridized carbons (Fsp3) is 0.167. The maximum Gasteiger partial charge on any atom is 0.157 e. The minimum absolute atomic E-state index is 0.00275. The van der Waals surface area contributed by atoms with Crippen LogP contribution in [0.3, 0.4) is 0 Å². The Morgan fingerprint density at radius 1 is 1.42 bits per heavy atom. The van der Waals surface area contributed by atoms with Crippen LogP contribution in [0, 0.1) is 5.82 Å². The zero-order valence-electron chi connectivity index (χ0n) is 9.95. The summed E-state index contributed by atoms with van der Waals surface area (Å²) in [5.74, 6) is 0.0731. The predicted octanol–water partition coefficient (Wildman–Crippen LogP) is 3.43. The lowest BCUT2D eigenvalue weighted by molar-refractivity contribution is 0.178. The average Bonchev–Trinajstić information content (AvgIpc) is 2.36. The first-order valence-corrected chi connectivity index (χ1v) is 6.46. The number of ether oxygens (including phenoxy) is 1. The number of anilines is 1. The van der Waals surface area contributed by atoms with Crippen molar-refractivity contribution in [3.05, 3.63) is 39.3 Å². The quantitative estimate of drug-likeness (QED) is 0.865. The van der Waals surface area contributed by atoms with E-state index in [1.54, 1.807) is 12.1 Å². The lowest BCUT2D eigenvalue weighted by Crippen LogP contribution is -2.03. The van der Waals surface area contributed by atoms with Crippen molar-refractivity contribution < 1.29 is 9.13 Å². The molecule has 0 aliphatic heterocycles. The molecule has 0 saturated carbocycles. The highest BCUT2D eigenvalue weighted by molar-refractivity contribution is 9.10. The second kappa shape index (κ2) is 5.81. The number of benzene rings is 1. The van der Waals surface area contributed by atoms with Crippen LogP contribution in [0.15, 0.2) is 22.7 Å². The Balaban J connectivity index is 2.55. The molecule has 0 unspecified atom stereocenters. The second-order valence-corrected chi connectivity index (χ2v) is 4.98. The number of nitrogens with two attached hydrogens (primary N) is 1. The summed E-state index contributed by atoms with van der Waals surface area (Å²) in [6.45, 7) is 0.198. The van der Waals surface area contributed by atoms with E-state index in [1.807, 2.05) is 0 Å². The third-order valence-electron chi connectivity index (χ3n) is 2.38. The number of halogens is 3. The maximum absolute atomic E-state index is 14.1. The fourth-order valence-corrected chi connectivity index (χ4v) is 2.04. The van der Waals surface area contributed by atoms with E-state index in [4.69, 9.17) is 22.1 Å². The summed E-state index contributed by atoms with van der Waals surface area (Å²) in [6.07, 6.45) is 0. The Morgan fingerprint density at radius 3 is 2.84 bits per heavy atom. The van der Waals surface area contributed by atoms with Gasteiger partial charge in [-0.15, -0.1) is 0 Å². The molecule has 0 amide bonds. The van der Waals surface area contributed by atoms with Gasteiger partial charge < -0.3 is 10.5 Å². The lowest BCUT2D eigenvalue weighted by Gasteiger charge is -2.08. The van der Waals surface area contributed by atoms with Gasteiger partial charge in [0.25, 0.3) is 0 Å². The number of methoxy groups -OCH3 is 1. The van der Waals surface area contributed by atoms with Crippen molar-refractivity contribution in [2.75, 3.05) is 12.8 Å². The van der Waals surface area contributed by atoms with E-state index in [9.17, 15) is 4.39 Å². The van der Waals surface area contributed by atoms with E-state index < -0.39 is 5.82 Å². The summed E-state index contributed by atoms with van der Waals surface area (Å²) < 4.78 is 19.5. The Kier molecular flexibility index (Phi) is 4.34. The number of aromatic nitrogens is 2. The van der Waals surface area contributed by atoms with Gasteiger partial charge in [-0.25, -0.2) is 14.4 Å². The van der Waals surface area contributed by atoms with Gasteiger partial charge in [-0.2, -0.15) is 0 Å². The number of hydrogen-bond acceptors (Lipinski definition) is 4. The van der Waals surface area contributed by atoms with Crippen LogP contribution in [-0.4, -0.2) is 17.1 Å². The molecule has 7 heteroatoms. The SMILES string of the molecule is COCc1nc(N)cc(-c2ccc(Br)c(Cl)c2F)n1. The van der Waals surface area contributed by atoms with Gasteiger partial charge in [0.05, 0.1) is 10.7 Å². The predicted molar refractivity (Wildman–Crippen MR) is 75.3 cm³/mol.